The van der Waals surface area contributed by atoms with E-state index in [4.69, 9.17) is 12.2 Å². The Labute approximate surface area is 75.6 Å². The highest BCUT2D eigenvalue weighted by molar-refractivity contribution is 7.89. The van der Waals surface area contributed by atoms with Crippen LogP contribution in [0.4, 0.5) is 5.82 Å². The number of nitrogens with zero attached hydrogens (tertiary/aromatic N) is 1. The van der Waals surface area contributed by atoms with Gasteiger partial charge in [0, 0.05) is 0 Å². The number of nitrogens with one attached hydrogen (secondary N) is 2. The van der Waals surface area contributed by atoms with Gasteiger partial charge in [-0.25, -0.2) is 8.42 Å². The molecule has 0 unspecified atom stereocenters. The maximum Gasteiger partial charge on any atom is 0.246 e. The minimum atomic E-state index is -3.62. The van der Waals surface area contributed by atoms with Crippen LogP contribution in [-0.2, 0) is 10.0 Å². The summed E-state index contributed by atoms with van der Waals surface area (Å²) in [6.07, 6.45) is 6.01. The minimum absolute atomic E-state index is 0.00970. The number of nitrogens with two attached hydrogens (primary N) is 1. The summed E-state index contributed by atoms with van der Waals surface area (Å²) < 4.78 is 24.8. The van der Waals surface area contributed by atoms with Crippen molar-refractivity contribution in [3.63, 3.8) is 0 Å². The van der Waals surface area contributed by atoms with Crippen LogP contribution in [0.3, 0.4) is 0 Å². The van der Waals surface area contributed by atoms with Crippen LogP contribution in [0, 0.1) is 12.3 Å². The van der Waals surface area contributed by atoms with Gasteiger partial charge < -0.3 is 5.73 Å². The van der Waals surface area contributed by atoms with Gasteiger partial charge in [0.2, 0.25) is 10.0 Å². The minimum Gasteiger partial charge on any atom is -0.383 e. The van der Waals surface area contributed by atoms with Crippen LogP contribution < -0.4 is 10.5 Å². The molecule has 4 N–H and O–H groups in total. The Balaban J connectivity index is 2.96. The number of H-pyrrole nitrogens is 1. The number of hydrogen-bond acceptors (Lipinski definition) is 4. The lowest BCUT2D eigenvalue weighted by molar-refractivity contribution is 0.586. The van der Waals surface area contributed by atoms with Crippen molar-refractivity contribution in [3.8, 4) is 12.3 Å². The summed E-state index contributed by atoms with van der Waals surface area (Å²) in [4.78, 5) is -0.0947. The zero-order valence-electron chi connectivity index (χ0n) is 6.61. The fourth-order valence-electron chi connectivity index (χ4n) is 0.714. The summed E-state index contributed by atoms with van der Waals surface area (Å²) in [6.45, 7) is -0.0764. The molecule has 0 spiro atoms. The molecule has 0 aliphatic heterocycles. The largest absolute Gasteiger partial charge is 0.383 e. The first-order chi connectivity index (χ1) is 6.08. The fraction of sp³-hybridized carbons (Fsp3) is 0.167. The van der Waals surface area contributed by atoms with Crippen molar-refractivity contribution < 1.29 is 8.42 Å². The zero-order chi connectivity index (χ0) is 9.90. The first kappa shape index (κ1) is 9.57. The van der Waals surface area contributed by atoms with Crippen molar-refractivity contribution in [1.82, 2.24) is 14.9 Å². The second-order valence-corrected chi connectivity index (χ2v) is 3.91. The molecule has 7 heteroatoms. The van der Waals surface area contributed by atoms with Gasteiger partial charge in [0.1, 0.15) is 10.7 Å². The Morgan fingerprint density at radius 3 is 2.92 bits per heavy atom. The Bertz CT molecular complexity index is 428. The molecule has 70 valence electrons. The molecule has 0 saturated heterocycles. The van der Waals surface area contributed by atoms with Crippen molar-refractivity contribution in [2.45, 2.75) is 4.90 Å². The van der Waals surface area contributed by atoms with Gasteiger partial charge in [0.05, 0.1) is 12.7 Å². The molecule has 0 atom stereocenters. The van der Waals surface area contributed by atoms with E-state index in [0.29, 0.717) is 0 Å². The summed E-state index contributed by atoms with van der Waals surface area (Å²) >= 11 is 0. The fourth-order valence-corrected chi connectivity index (χ4v) is 1.67. The number of nitrogen functional groups attached to an aromatic ring is 1. The van der Waals surface area contributed by atoms with Crippen LogP contribution in [0.1, 0.15) is 0 Å². The molecule has 1 heterocycles. The first-order valence-corrected chi connectivity index (χ1v) is 4.78. The molecule has 1 aromatic rings. The molecule has 0 radical (unpaired) electrons. The van der Waals surface area contributed by atoms with Crippen LogP contribution in [0.15, 0.2) is 11.1 Å². The standard InChI is InChI=1S/C6H8N4O2S/c1-2-3-9-13(11,12)5-4-8-10-6(5)7/h1,4,9H,3H2,(H3,7,8,10). The van der Waals surface area contributed by atoms with Gasteiger partial charge in [-0.3, -0.25) is 5.10 Å². The van der Waals surface area contributed by atoms with Gasteiger partial charge in [-0.1, -0.05) is 5.92 Å². The number of anilines is 1. The summed E-state index contributed by atoms with van der Waals surface area (Å²) in [6, 6.07) is 0. The van der Waals surface area contributed by atoms with Gasteiger partial charge in [-0.05, 0) is 0 Å². The normalized spacial score (nSPS) is 11.0. The van der Waals surface area contributed by atoms with E-state index in [0.717, 1.165) is 6.20 Å². The number of aromatic nitrogens is 2. The SMILES string of the molecule is C#CCNS(=O)(=O)c1cn[nH]c1N. The van der Waals surface area contributed by atoms with E-state index in [1.807, 2.05) is 0 Å². The van der Waals surface area contributed by atoms with E-state index in [2.05, 4.69) is 20.8 Å². The molecule has 0 bridgehead atoms. The van der Waals surface area contributed by atoms with Crippen LogP contribution in [0.2, 0.25) is 0 Å². The van der Waals surface area contributed by atoms with Crippen molar-refractivity contribution in [2.24, 2.45) is 0 Å². The second-order valence-electron chi connectivity index (χ2n) is 2.18. The van der Waals surface area contributed by atoms with Crippen LogP contribution in [-0.4, -0.2) is 25.2 Å². The number of hydrogen-bond donors (Lipinski definition) is 3. The lowest BCUT2D eigenvalue weighted by atomic mass is 10.7. The average Bonchev–Trinajstić information content (AvgIpc) is 2.48. The van der Waals surface area contributed by atoms with Gasteiger partial charge >= 0.3 is 0 Å². The number of rotatable bonds is 3. The topological polar surface area (TPSA) is 101 Å². The predicted molar refractivity (Wildman–Crippen MR) is 47.0 cm³/mol. The summed E-state index contributed by atoms with van der Waals surface area (Å²) in [5.74, 6) is 2.13. The highest BCUT2D eigenvalue weighted by atomic mass is 32.2. The van der Waals surface area contributed by atoms with Crippen molar-refractivity contribution in [2.75, 3.05) is 12.3 Å². The second kappa shape index (κ2) is 3.47. The molecule has 0 amide bonds. The molecule has 1 aromatic heterocycles. The molecule has 0 aromatic carbocycles. The van der Waals surface area contributed by atoms with Gasteiger partial charge in [0.25, 0.3) is 0 Å². The molecule has 1 rings (SSSR count). The highest BCUT2D eigenvalue weighted by Crippen LogP contribution is 2.12. The van der Waals surface area contributed by atoms with Crippen molar-refractivity contribution in [1.29, 1.82) is 0 Å². The molecule has 0 saturated carbocycles. The monoisotopic (exact) mass is 200 g/mol. The number of aromatic amines is 1. The van der Waals surface area contributed by atoms with Gasteiger partial charge in [-0.15, -0.1) is 6.42 Å². The summed E-state index contributed by atoms with van der Waals surface area (Å²) in [5.41, 5.74) is 5.31. The maximum absolute atomic E-state index is 11.3. The lowest BCUT2D eigenvalue weighted by Gasteiger charge is -2.00. The smallest absolute Gasteiger partial charge is 0.246 e. The third kappa shape index (κ3) is 1.99. The molecule has 13 heavy (non-hydrogen) atoms. The van der Waals surface area contributed by atoms with E-state index in [-0.39, 0.29) is 17.3 Å². The number of terminal acetylenes is 1. The number of sulfonamides is 1. The van der Waals surface area contributed by atoms with Crippen LogP contribution >= 0.6 is 0 Å². The van der Waals surface area contributed by atoms with E-state index in [1.54, 1.807) is 0 Å². The van der Waals surface area contributed by atoms with E-state index < -0.39 is 10.0 Å². The van der Waals surface area contributed by atoms with Crippen molar-refractivity contribution in [3.05, 3.63) is 6.20 Å². The molecule has 0 aliphatic rings. The highest BCUT2D eigenvalue weighted by Gasteiger charge is 2.17. The van der Waals surface area contributed by atoms with Gasteiger partial charge in [-0.2, -0.15) is 9.82 Å². The predicted octanol–water partition coefficient (Wildman–Crippen LogP) is -1.10. The maximum atomic E-state index is 11.3. The average molecular weight is 200 g/mol. The van der Waals surface area contributed by atoms with Crippen LogP contribution in [0.25, 0.3) is 0 Å². The third-order valence-corrected chi connectivity index (χ3v) is 2.71. The molecular weight excluding hydrogens is 192 g/mol. The first-order valence-electron chi connectivity index (χ1n) is 3.30. The quantitative estimate of drug-likeness (QED) is 0.539. The van der Waals surface area contributed by atoms with E-state index in [9.17, 15) is 8.42 Å². The molecular formula is C6H8N4O2S. The van der Waals surface area contributed by atoms with Gasteiger partial charge in [0.15, 0.2) is 0 Å². The lowest BCUT2D eigenvalue weighted by Crippen LogP contribution is -2.24. The Hall–Kier alpha value is -1.52. The third-order valence-electron chi connectivity index (χ3n) is 1.29. The van der Waals surface area contributed by atoms with E-state index in [1.165, 1.54) is 0 Å². The summed E-state index contributed by atoms with van der Waals surface area (Å²) in [5, 5.41) is 5.78. The van der Waals surface area contributed by atoms with Crippen LogP contribution in [0.5, 0.6) is 0 Å². The Kier molecular flexibility index (Phi) is 2.55. The zero-order valence-corrected chi connectivity index (χ0v) is 7.43. The molecule has 0 fully saturated rings. The Morgan fingerprint density at radius 1 is 1.77 bits per heavy atom. The Morgan fingerprint density at radius 2 is 2.46 bits per heavy atom. The van der Waals surface area contributed by atoms with E-state index >= 15 is 0 Å². The molecule has 6 nitrogen and oxygen atoms in total. The summed E-state index contributed by atoms with van der Waals surface area (Å²) in [7, 11) is -3.62. The molecule has 0 aliphatic carbocycles. The van der Waals surface area contributed by atoms with Crippen molar-refractivity contribution >= 4 is 15.8 Å².